The second kappa shape index (κ2) is 22.2. The number of rotatable bonds is 23. The summed E-state index contributed by atoms with van der Waals surface area (Å²) in [7, 11) is 0. The van der Waals surface area contributed by atoms with E-state index in [1.807, 2.05) is 0 Å². The first-order chi connectivity index (χ1) is 25.8. The van der Waals surface area contributed by atoms with E-state index in [4.69, 9.17) is 19.9 Å². The summed E-state index contributed by atoms with van der Waals surface area (Å²) in [5.74, 6) is -3.96. The summed E-state index contributed by atoms with van der Waals surface area (Å²) in [5, 5.41) is 7.84. The van der Waals surface area contributed by atoms with Gasteiger partial charge in [-0.2, -0.15) is 18.2 Å². The highest BCUT2D eigenvalue weighted by atomic mass is 19.4. The van der Waals surface area contributed by atoms with Crippen LogP contribution in [0.15, 0.2) is 35.3 Å². The van der Waals surface area contributed by atoms with Crippen molar-refractivity contribution in [1.82, 2.24) is 30.6 Å². The highest BCUT2D eigenvalue weighted by Crippen LogP contribution is 2.26. The molecule has 17 nitrogen and oxygen atoms in total. The number of nitrogens with one attached hydrogen (secondary N) is 4. The molecular formula is C34H46F3N9O8. The Morgan fingerprint density at radius 1 is 0.889 bits per heavy atom. The van der Waals surface area contributed by atoms with Gasteiger partial charge in [0.05, 0.1) is 44.9 Å². The van der Waals surface area contributed by atoms with Crippen LogP contribution >= 0.6 is 0 Å². The second-order valence-corrected chi connectivity index (χ2v) is 12.1. The Balaban J connectivity index is 1.45. The molecule has 0 aliphatic rings. The summed E-state index contributed by atoms with van der Waals surface area (Å²) in [6.45, 7) is 6.61. The number of ether oxygens (including phenoxy) is 3. The molecule has 2 aromatic heterocycles. The molecule has 2 heterocycles. The van der Waals surface area contributed by atoms with Gasteiger partial charge in [0, 0.05) is 49.9 Å². The fraction of sp³-hybridized carbons (Fsp3) is 0.529. The Labute approximate surface area is 308 Å². The van der Waals surface area contributed by atoms with Crippen LogP contribution in [0.5, 0.6) is 0 Å². The third-order valence-electron chi connectivity index (χ3n) is 7.37. The minimum atomic E-state index is -5.26. The molecule has 0 bridgehead atoms. The predicted molar refractivity (Wildman–Crippen MR) is 190 cm³/mol. The average Bonchev–Trinajstić information content (AvgIpc) is 3.13. The molecule has 3 rings (SSSR count). The summed E-state index contributed by atoms with van der Waals surface area (Å²) in [6.07, 6.45) is -2.29. The standard InChI is InChI=1S/C34H46F3N9O8/c1-22(2)29(48)44-33-43-28-27(31(50)45-33)42-24(20-41-28)21-46(32(51)34(35,36)37)25-9-7-23(8-10-25)30(49)40-12-3-6-26(47)39-13-5-15-53-17-19-54-18-16-52-14-4-11-38/h7-10,20,22H,3-6,11-19,21,38H2,1-2H3,(H,39,47)(H,40,49)(H2,41,43,44,45,48,50). The fourth-order valence-electron chi connectivity index (χ4n) is 4.51. The molecule has 6 N–H and O–H groups in total. The summed E-state index contributed by atoms with van der Waals surface area (Å²) in [5.41, 5.74) is 3.81. The number of aromatic nitrogens is 4. The van der Waals surface area contributed by atoms with Gasteiger partial charge in [-0.25, -0.2) is 9.97 Å². The van der Waals surface area contributed by atoms with Crippen molar-refractivity contribution in [1.29, 1.82) is 0 Å². The molecule has 0 aliphatic heterocycles. The minimum Gasteiger partial charge on any atom is -0.379 e. The van der Waals surface area contributed by atoms with Crippen molar-refractivity contribution in [2.75, 3.05) is 69.5 Å². The van der Waals surface area contributed by atoms with Crippen LogP contribution in [0.3, 0.4) is 0 Å². The number of nitrogens with two attached hydrogens (primary N) is 1. The van der Waals surface area contributed by atoms with Crippen molar-refractivity contribution in [3.8, 4) is 0 Å². The molecule has 0 saturated heterocycles. The average molecular weight is 766 g/mol. The number of nitrogens with zero attached hydrogens (tertiary/aromatic N) is 4. The van der Waals surface area contributed by atoms with Gasteiger partial charge in [0.25, 0.3) is 11.5 Å². The number of amides is 4. The number of carbonyl (C=O) groups excluding carboxylic acids is 4. The number of hydrogen-bond donors (Lipinski definition) is 5. The largest absolute Gasteiger partial charge is 0.471 e. The summed E-state index contributed by atoms with van der Waals surface area (Å²) in [4.78, 5) is 76.6. The van der Waals surface area contributed by atoms with Gasteiger partial charge in [0.1, 0.15) is 0 Å². The van der Waals surface area contributed by atoms with Crippen molar-refractivity contribution in [2.24, 2.45) is 11.7 Å². The van der Waals surface area contributed by atoms with Gasteiger partial charge in [0.15, 0.2) is 11.2 Å². The number of aromatic amines is 1. The van der Waals surface area contributed by atoms with Crippen LogP contribution in [0, 0.1) is 5.92 Å². The van der Waals surface area contributed by atoms with Crippen LogP contribution in [0.2, 0.25) is 0 Å². The Morgan fingerprint density at radius 3 is 2.15 bits per heavy atom. The van der Waals surface area contributed by atoms with Crippen LogP contribution < -0.4 is 32.1 Å². The summed E-state index contributed by atoms with van der Waals surface area (Å²) >= 11 is 0. The zero-order valence-electron chi connectivity index (χ0n) is 30.1. The lowest BCUT2D eigenvalue weighted by molar-refractivity contribution is -0.170. The van der Waals surface area contributed by atoms with Crippen molar-refractivity contribution in [3.63, 3.8) is 0 Å². The molecule has 0 saturated carbocycles. The van der Waals surface area contributed by atoms with Gasteiger partial charge in [-0.05, 0) is 50.1 Å². The van der Waals surface area contributed by atoms with E-state index in [1.165, 1.54) is 12.1 Å². The van der Waals surface area contributed by atoms with Gasteiger partial charge in [-0.3, -0.25) is 39.2 Å². The maximum Gasteiger partial charge on any atom is 0.471 e. The van der Waals surface area contributed by atoms with E-state index in [-0.39, 0.29) is 52.9 Å². The fourth-order valence-corrected chi connectivity index (χ4v) is 4.51. The van der Waals surface area contributed by atoms with Crippen LogP contribution in [0.1, 0.15) is 55.6 Å². The number of hydrogen-bond acceptors (Lipinski definition) is 12. The molecule has 0 spiro atoms. The third kappa shape index (κ3) is 14.8. The topological polar surface area (TPSA) is 233 Å². The first-order valence-corrected chi connectivity index (χ1v) is 17.3. The van der Waals surface area contributed by atoms with E-state index in [0.29, 0.717) is 70.5 Å². The molecule has 0 atom stereocenters. The van der Waals surface area contributed by atoms with Crippen LogP contribution in [-0.4, -0.2) is 109 Å². The molecule has 0 fully saturated rings. The van der Waals surface area contributed by atoms with Gasteiger partial charge >= 0.3 is 12.1 Å². The van der Waals surface area contributed by atoms with Crippen molar-refractivity contribution < 1.29 is 46.6 Å². The molecule has 1 aromatic carbocycles. The molecule has 0 unspecified atom stereocenters. The third-order valence-corrected chi connectivity index (χ3v) is 7.37. The normalized spacial score (nSPS) is 11.5. The summed E-state index contributed by atoms with van der Waals surface area (Å²) in [6, 6.07) is 4.82. The lowest BCUT2D eigenvalue weighted by Crippen LogP contribution is -2.41. The number of fused-ring (bicyclic) bond motifs is 1. The predicted octanol–water partition coefficient (Wildman–Crippen LogP) is 1.82. The first kappa shape index (κ1) is 43.4. The van der Waals surface area contributed by atoms with Crippen LogP contribution in [0.25, 0.3) is 11.2 Å². The number of benzene rings is 1. The Morgan fingerprint density at radius 2 is 1.52 bits per heavy atom. The number of carbonyl (C=O) groups is 4. The summed E-state index contributed by atoms with van der Waals surface area (Å²) < 4.78 is 57.0. The van der Waals surface area contributed by atoms with E-state index >= 15 is 0 Å². The monoisotopic (exact) mass is 765 g/mol. The second-order valence-electron chi connectivity index (χ2n) is 12.1. The van der Waals surface area contributed by atoms with E-state index in [9.17, 15) is 37.1 Å². The highest BCUT2D eigenvalue weighted by molar-refractivity contribution is 5.98. The zero-order chi connectivity index (χ0) is 39.5. The Hall–Kier alpha value is -5.05. The smallest absolute Gasteiger partial charge is 0.379 e. The molecule has 296 valence electrons. The van der Waals surface area contributed by atoms with E-state index < -0.39 is 41.9 Å². The van der Waals surface area contributed by atoms with Gasteiger partial charge in [-0.1, -0.05) is 13.8 Å². The van der Waals surface area contributed by atoms with Crippen molar-refractivity contribution in [2.45, 2.75) is 52.3 Å². The Kier molecular flexibility index (Phi) is 17.9. The SMILES string of the molecule is CC(C)C(=O)Nc1nc2ncc(CN(C(=O)C(F)(F)F)c3ccc(C(=O)NCCCC(=O)NCCCOCCOCCOCCCN)cc3)nc2c(=O)[nH]1. The Bertz CT molecular complexity index is 1740. The lowest BCUT2D eigenvalue weighted by atomic mass is 10.1. The highest BCUT2D eigenvalue weighted by Gasteiger charge is 2.43. The lowest BCUT2D eigenvalue weighted by Gasteiger charge is -2.23. The number of anilines is 2. The molecule has 20 heteroatoms. The van der Waals surface area contributed by atoms with Crippen molar-refractivity contribution >= 4 is 46.4 Å². The van der Waals surface area contributed by atoms with Gasteiger partial charge in [0.2, 0.25) is 17.8 Å². The van der Waals surface area contributed by atoms with Gasteiger partial charge < -0.3 is 30.6 Å². The zero-order valence-corrected chi connectivity index (χ0v) is 30.1. The van der Waals surface area contributed by atoms with Crippen LogP contribution in [-0.2, 0) is 35.1 Å². The van der Waals surface area contributed by atoms with Crippen molar-refractivity contribution in [3.05, 3.63) is 52.1 Å². The molecule has 0 radical (unpaired) electrons. The van der Waals surface area contributed by atoms with Crippen LogP contribution in [0.4, 0.5) is 24.8 Å². The maximum atomic E-state index is 13.6. The van der Waals surface area contributed by atoms with Gasteiger partial charge in [-0.15, -0.1) is 0 Å². The molecule has 54 heavy (non-hydrogen) atoms. The molecule has 0 aliphatic carbocycles. The minimum absolute atomic E-state index is 0.104. The first-order valence-electron chi connectivity index (χ1n) is 17.3. The van der Waals surface area contributed by atoms with E-state index in [0.717, 1.165) is 24.8 Å². The quantitative estimate of drug-likeness (QED) is 0.0871. The molecule has 3 aromatic rings. The van der Waals surface area contributed by atoms with E-state index in [1.54, 1.807) is 13.8 Å². The molecular weight excluding hydrogens is 719 g/mol. The molecule has 4 amide bonds. The van der Waals surface area contributed by atoms with E-state index in [2.05, 4.69) is 35.9 Å². The number of alkyl halides is 3. The number of halogens is 3. The maximum absolute atomic E-state index is 13.6. The number of H-pyrrole nitrogens is 1.